The van der Waals surface area contributed by atoms with Gasteiger partial charge in [0.25, 0.3) is 0 Å². The highest BCUT2D eigenvalue weighted by molar-refractivity contribution is 5.91. The summed E-state index contributed by atoms with van der Waals surface area (Å²) < 4.78 is 18.2. The van der Waals surface area contributed by atoms with Crippen LogP contribution in [0.15, 0.2) is 12.1 Å². The van der Waals surface area contributed by atoms with Crippen LogP contribution in [0.25, 0.3) is 0 Å². The molecule has 0 amide bonds. The lowest BCUT2D eigenvalue weighted by atomic mass is 9.99. The monoisotopic (exact) mass is 255 g/mol. The Bertz CT molecular complexity index is 487. The predicted molar refractivity (Wildman–Crippen MR) is 61.8 cm³/mol. The smallest absolute Gasteiger partial charge is 0.338 e. The van der Waals surface area contributed by atoms with Crippen molar-refractivity contribution in [1.82, 2.24) is 0 Å². The van der Waals surface area contributed by atoms with E-state index in [1.54, 1.807) is 6.92 Å². The number of hydrogen-bond donors (Lipinski definition) is 2. The fraction of sp³-hybridized carbons (Fsp3) is 0.333. The molecule has 0 aliphatic rings. The maximum atomic E-state index is 13.6. The second-order valence-corrected chi connectivity index (χ2v) is 3.90. The zero-order valence-corrected chi connectivity index (χ0v) is 10.1. The van der Waals surface area contributed by atoms with Crippen molar-refractivity contribution in [2.75, 3.05) is 7.11 Å². The predicted octanol–water partition coefficient (Wildman–Crippen LogP) is 0.875. The topological polar surface area (TPSA) is 89.6 Å². The van der Waals surface area contributed by atoms with Gasteiger partial charge in [-0.25, -0.2) is 9.18 Å². The lowest BCUT2D eigenvalue weighted by molar-refractivity contribution is -0.138. The number of aryl methyl sites for hydroxylation is 1. The summed E-state index contributed by atoms with van der Waals surface area (Å²) in [4.78, 5) is 22.0. The first kappa shape index (κ1) is 14.1. The molecule has 3 N–H and O–H groups in total. The van der Waals surface area contributed by atoms with E-state index in [1.807, 2.05) is 0 Å². The van der Waals surface area contributed by atoms with Gasteiger partial charge in [-0.15, -0.1) is 0 Å². The number of benzene rings is 1. The highest BCUT2D eigenvalue weighted by Gasteiger charge is 2.18. The lowest BCUT2D eigenvalue weighted by Crippen LogP contribution is -2.32. The number of rotatable bonds is 4. The van der Waals surface area contributed by atoms with E-state index >= 15 is 0 Å². The number of esters is 1. The summed E-state index contributed by atoms with van der Waals surface area (Å²) in [6.45, 7) is 1.57. The van der Waals surface area contributed by atoms with Gasteiger partial charge in [0.15, 0.2) is 0 Å². The summed E-state index contributed by atoms with van der Waals surface area (Å²) in [5, 5.41) is 8.67. The van der Waals surface area contributed by atoms with Gasteiger partial charge in [-0.1, -0.05) is 0 Å². The van der Waals surface area contributed by atoms with Crippen LogP contribution in [-0.4, -0.2) is 30.2 Å². The Kier molecular flexibility index (Phi) is 4.38. The number of ether oxygens (including phenoxy) is 1. The van der Waals surface area contributed by atoms with Gasteiger partial charge in [-0.2, -0.15) is 0 Å². The minimum Gasteiger partial charge on any atom is -0.480 e. The van der Waals surface area contributed by atoms with Crippen molar-refractivity contribution >= 4 is 11.9 Å². The molecule has 0 saturated carbocycles. The number of aliphatic carboxylic acids is 1. The summed E-state index contributed by atoms with van der Waals surface area (Å²) >= 11 is 0. The van der Waals surface area contributed by atoms with Crippen molar-refractivity contribution in [3.05, 3.63) is 34.6 Å². The van der Waals surface area contributed by atoms with Gasteiger partial charge in [0.2, 0.25) is 0 Å². The molecule has 0 bridgehead atoms. The highest BCUT2D eigenvalue weighted by Crippen LogP contribution is 2.17. The molecule has 18 heavy (non-hydrogen) atoms. The first-order valence-corrected chi connectivity index (χ1v) is 5.22. The van der Waals surface area contributed by atoms with E-state index in [9.17, 15) is 14.0 Å². The molecule has 5 nitrogen and oxygen atoms in total. The van der Waals surface area contributed by atoms with Gasteiger partial charge in [-0.05, 0) is 30.2 Å². The van der Waals surface area contributed by atoms with Crippen molar-refractivity contribution in [3.8, 4) is 0 Å². The van der Waals surface area contributed by atoms with E-state index in [0.717, 1.165) is 6.07 Å². The van der Waals surface area contributed by atoms with Gasteiger partial charge in [0, 0.05) is 6.42 Å². The molecule has 0 aromatic heterocycles. The summed E-state index contributed by atoms with van der Waals surface area (Å²) in [6.07, 6.45) is -0.189. The normalized spacial score (nSPS) is 12.0. The van der Waals surface area contributed by atoms with Crippen molar-refractivity contribution in [3.63, 3.8) is 0 Å². The van der Waals surface area contributed by atoms with Crippen LogP contribution in [-0.2, 0) is 16.0 Å². The molecular formula is C12H14FNO4. The molecule has 0 fully saturated rings. The summed E-state index contributed by atoms with van der Waals surface area (Å²) in [5.41, 5.74) is 6.03. The van der Waals surface area contributed by atoms with Crippen molar-refractivity contribution in [2.24, 2.45) is 5.73 Å². The number of halogens is 1. The van der Waals surface area contributed by atoms with Crippen molar-refractivity contribution in [2.45, 2.75) is 19.4 Å². The molecule has 98 valence electrons. The van der Waals surface area contributed by atoms with E-state index in [-0.39, 0.29) is 17.5 Å². The van der Waals surface area contributed by atoms with E-state index in [4.69, 9.17) is 10.8 Å². The third-order valence-electron chi connectivity index (χ3n) is 2.56. The van der Waals surface area contributed by atoms with Crippen LogP contribution >= 0.6 is 0 Å². The molecule has 0 heterocycles. The Morgan fingerprint density at radius 3 is 2.61 bits per heavy atom. The number of carbonyl (C=O) groups is 2. The molecule has 0 spiro atoms. The second-order valence-electron chi connectivity index (χ2n) is 3.90. The number of methoxy groups -OCH3 is 1. The summed E-state index contributed by atoms with van der Waals surface area (Å²) in [6, 6.07) is 1.22. The SMILES string of the molecule is COC(=O)c1cc(CC(N)C(=O)O)c(F)cc1C. The summed E-state index contributed by atoms with van der Waals surface area (Å²) in [7, 11) is 1.22. The average Bonchev–Trinajstić information content (AvgIpc) is 2.31. The van der Waals surface area contributed by atoms with E-state index in [1.165, 1.54) is 13.2 Å². The first-order chi connectivity index (χ1) is 8.36. The average molecular weight is 255 g/mol. The molecule has 0 radical (unpaired) electrons. The molecule has 0 aliphatic heterocycles. The van der Waals surface area contributed by atoms with Crippen LogP contribution in [0.5, 0.6) is 0 Å². The maximum Gasteiger partial charge on any atom is 0.338 e. The van der Waals surface area contributed by atoms with Crippen LogP contribution in [0.3, 0.4) is 0 Å². The van der Waals surface area contributed by atoms with Gasteiger partial charge in [-0.3, -0.25) is 4.79 Å². The first-order valence-electron chi connectivity index (χ1n) is 5.22. The largest absolute Gasteiger partial charge is 0.480 e. The minimum absolute atomic E-state index is 0.0795. The quantitative estimate of drug-likeness (QED) is 0.779. The zero-order chi connectivity index (χ0) is 13.9. The van der Waals surface area contributed by atoms with Gasteiger partial charge >= 0.3 is 11.9 Å². The number of carbonyl (C=O) groups excluding carboxylic acids is 1. The highest BCUT2D eigenvalue weighted by atomic mass is 19.1. The molecule has 1 aromatic rings. The third-order valence-corrected chi connectivity index (χ3v) is 2.56. The van der Waals surface area contributed by atoms with Crippen molar-refractivity contribution in [1.29, 1.82) is 0 Å². The van der Waals surface area contributed by atoms with Crippen LogP contribution < -0.4 is 5.73 Å². The number of carboxylic acids is 1. The van der Waals surface area contributed by atoms with Crippen molar-refractivity contribution < 1.29 is 23.8 Å². The van der Waals surface area contributed by atoms with Gasteiger partial charge in [0.05, 0.1) is 12.7 Å². The van der Waals surface area contributed by atoms with Gasteiger partial charge in [0.1, 0.15) is 11.9 Å². The number of carboxylic acid groups (broad SMARTS) is 1. The Hall–Kier alpha value is -1.95. The fourth-order valence-corrected chi connectivity index (χ4v) is 1.53. The number of nitrogens with two attached hydrogens (primary N) is 1. The van der Waals surface area contributed by atoms with Gasteiger partial charge < -0.3 is 15.6 Å². The lowest BCUT2D eigenvalue weighted by Gasteiger charge is -2.11. The number of hydrogen-bond acceptors (Lipinski definition) is 4. The fourth-order valence-electron chi connectivity index (χ4n) is 1.53. The van der Waals surface area contributed by atoms with E-state index < -0.39 is 23.8 Å². The molecule has 1 aromatic carbocycles. The molecule has 1 atom stereocenters. The van der Waals surface area contributed by atoms with Crippen LogP contribution in [0, 0.1) is 12.7 Å². The summed E-state index contributed by atoms with van der Waals surface area (Å²) in [5.74, 6) is -2.41. The Balaban J connectivity index is 3.13. The third kappa shape index (κ3) is 3.04. The molecule has 0 saturated heterocycles. The van der Waals surface area contributed by atoms with Crippen LogP contribution in [0.2, 0.25) is 0 Å². The molecular weight excluding hydrogens is 241 g/mol. The maximum absolute atomic E-state index is 13.6. The minimum atomic E-state index is -1.23. The van der Waals surface area contributed by atoms with Crippen LogP contribution in [0.4, 0.5) is 4.39 Å². The molecule has 1 rings (SSSR count). The zero-order valence-electron chi connectivity index (χ0n) is 10.1. The van der Waals surface area contributed by atoms with E-state index in [2.05, 4.69) is 4.74 Å². The Morgan fingerprint density at radius 1 is 1.50 bits per heavy atom. The Labute approximate surface area is 103 Å². The Morgan fingerprint density at radius 2 is 2.11 bits per heavy atom. The van der Waals surface area contributed by atoms with E-state index in [0.29, 0.717) is 5.56 Å². The second kappa shape index (κ2) is 5.59. The molecule has 6 heteroatoms. The van der Waals surface area contributed by atoms with Crippen LogP contribution in [0.1, 0.15) is 21.5 Å². The standard InChI is InChI=1S/C12H14FNO4/c1-6-3-9(13)7(5-10(14)11(15)16)4-8(6)12(17)18-2/h3-4,10H,5,14H2,1-2H3,(H,15,16). The molecule has 0 aliphatic carbocycles. The molecule has 1 unspecified atom stereocenters.